The average Bonchev–Trinajstić information content (AvgIpc) is 3.30. The van der Waals surface area contributed by atoms with Gasteiger partial charge in [-0.25, -0.2) is 0 Å². The molecule has 5 aliphatic heterocycles. The summed E-state index contributed by atoms with van der Waals surface area (Å²) in [5.41, 5.74) is 0.766. The molecule has 27 nitrogen and oxygen atoms in total. The number of nitrogens with one attached hydrogen (secondary N) is 1. The van der Waals surface area contributed by atoms with E-state index in [1.54, 1.807) is 0 Å². The van der Waals surface area contributed by atoms with E-state index in [0.717, 1.165) is 18.9 Å². The van der Waals surface area contributed by atoms with Gasteiger partial charge in [-0.1, -0.05) is 13.5 Å². The van der Waals surface area contributed by atoms with Crippen molar-refractivity contribution in [1.29, 1.82) is 0 Å². The van der Waals surface area contributed by atoms with Gasteiger partial charge >= 0.3 is 0 Å². The van der Waals surface area contributed by atoms with Gasteiger partial charge in [0.2, 0.25) is 5.91 Å². The minimum Gasteiger partial charge on any atom is -0.394 e. The van der Waals surface area contributed by atoms with Crippen LogP contribution in [0.25, 0.3) is 0 Å². The van der Waals surface area contributed by atoms with Crippen LogP contribution >= 0.6 is 0 Å². The molecule has 0 aromatic rings. The first-order chi connectivity index (χ1) is 31.8. The monoisotopic (exact) mass is 977 g/mol. The maximum absolute atomic E-state index is 12.5. The highest BCUT2D eigenvalue weighted by Gasteiger charge is 2.57. The Balaban J connectivity index is 1.16. The molecule has 1 saturated carbocycles. The molecule has 0 bridgehead atoms. The van der Waals surface area contributed by atoms with Crippen molar-refractivity contribution in [2.45, 2.75) is 193 Å². The molecule has 5 heterocycles. The third kappa shape index (κ3) is 11.8. The number of rotatable bonds is 16. The van der Waals surface area contributed by atoms with E-state index in [9.17, 15) is 81.4 Å². The molecular formula is C40H67NO26. The second-order valence-corrected chi connectivity index (χ2v) is 17.8. The number of hydrogen-bond acceptors (Lipinski definition) is 26. The Morgan fingerprint density at radius 1 is 0.493 bits per heavy atom. The van der Waals surface area contributed by atoms with E-state index in [1.807, 2.05) is 0 Å². The molecule has 67 heavy (non-hydrogen) atoms. The number of ether oxygens (including phenoxy) is 10. The number of hydrogen-bond donors (Lipinski definition) is 16. The van der Waals surface area contributed by atoms with Gasteiger partial charge in [0, 0.05) is 6.92 Å². The van der Waals surface area contributed by atoms with Gasteiger partial charge in [-0.2, -0.15) is 0 Å². The zero-order valence-electron chi connectivity index (χ0n) is 36.7. The molecule has 1 amide bonds. The van der Waals surface area contributed by atoms with Crippen LogP contribution < -0.4 is 5.32 Å². The molecule has 0 radical (unpaired) electrons. The van der Waals surface area contributed by atoms with Gasteiger partial charge in [0.05, 0.1) is 39.1 Å². The first-order valence-corrected chi connectivity index (χ1v) is 22.1. The molecule has 6 aliphatic rings. The lowest BCUT2D eigenvalue weighted by Crippen LogP contribution is -2.70. The molecule has 0 aromatic heterocycles. The maximum Gasteiger partial charge on any atom is 0.217 e. The number of aliphatic hydroxyl groups is 15. The van der Waals surface area contributed by atoms with Crippen LogP contribution in [0.5, 0.6) is 0 Å². The number of amides is 1. The van der Waals surface area contributed by atoms with E-state index in [4.69, 9.17) is 47.4 Å². The van der Waals surface area contributed by atoms with Gasteiger partial charge in [0.1, 0.15) is 122 Å². The Morgan fingerprint density at radius 2 is 0.881 bits per heavy atom. The summed E-state index contributed by atoms with van der Waals surface area (Å²) in [4.78, 5) is 12.5. The predicted octanol–water partition coefficient (Wildman–Crippen LogP) is -9.01. The van der Waals surface area contributed by atoms with Gasteiger partial charge in [-0.05, 0) is 30.8 Å². The molecule has 5 saturated heterocycles. The summed E-state index contributed by atoms with van der Waals surface area (Å²) in [6.07, 6.45) is -41.8. The standard InChI is InChI=1S/C40H67NO26/c1-12-4-5-15(13(2)6-12)58-37-29(55)26(52)32(19(10-45)62-37)64-39-30(56)27(53)33(20(11-46)63-39)65-40-31(57)35(24(50)18(9-44)61-40)67-36-21(41-14(3)47)34(23(49)17(8-43)59-36)66-38-28(54)25(51)22(48)16(7-42)60-38/h12,15-40,42-46,48-57H,2,4-11H2,1,3H3,(H,41,47)/t12?,15?,16?,17?,18?,19?,20?,21?,22-,23-,24-,25?,26?,27?,28?,29?,30?,31?,32+,33-,34?,35?,36-,37+,38-,39-,40+/m0/s1. The Hall–Kier alpha value is -1.79. The number of carbonyl (C=O) groups is 1. The Kier molecular flexibility index (Phi) is 19.2. The van der Waals surface area contributed by atoms with Gasteiger partial charge in [0.25, 0.3) is 0 Å². The zero-order chi connectivity index (χ0) is 49.2. The normalized spacial score (nSPS) is 49.9. The lowest BCUT2D eigenvalue weighted by atomic mass is 9.85. The van der Waals surface area contributed by atoms with E-state index in [0.29, 0.717) is 18.8 Å². The maximum atomic E-state index is 12.5. The lowest BCUT2D eigenvalue weighted by molar-refractivity contribution is -0.389. The first kappa shape index (κ1) is 54.5. The molecule has 6 rings (SSSR count). The van der Waals surface area contributed by atoms with E-state index in [1.165, 1.54) is 0 Å². The van der Waals surface area contributed by atoms with Gasteiger partial charge in [-0.15, -0.1) is 0 Å². The molecule has 6 fully saturated rings. The van der Waals surface area contributed by atoms with Crippen molar-refractivity contribution < 1.29 is 129 Å². The molecule has 27 heteroatoms. The summed E-state index contributed by atoms with van der Waals surface area (Å²) in [5, 5.41) is 163. The Morgan fingerprint density at radius 3 is 1.36 bits per heavy atom. The van der Waals surface area contributed by atoms with Crippen molar-refractivity contribution in [1.82, 2.24) is 5.32 Å². The highest BCUT2D eigenvalue weighted by molar-refractivity contribution is 5.73. The van der Waals surface area contributed by atoms with Crippen LogP contribution in [0.1, 0.15) is 33.1 Å². The minimum atomic E-state index is -2.15. The zero-order valence-corrected chi connectivity index (χ0v) is 36.7. The molecule has 1 aliphatic carbocycles. The smallest absolute Gasteiger partial charge is 0.217 e. The minimum absolute atomic E-state index is 0.374. The quantitative estimate of drug-likeness (QED) is 0.0639. The van der Waals surface area contributed by atoms with Crippen molar-refractivity contribution in [3.05, 3.63) is 12.2 Å². The lowest BCUT2D eigenvalue weighted by Gasteiger charge is -2.50. The molecule has 0 aromatic carbocycles. The van der Waals surface area contributed by atoms with E-state index < -0.39 is 199 Å². The fourth-order valence-electron chi connectivity index (χ4n) is 9.17. The van der Waals surface area contributed by atoms with Crippen LogP contribution in [0.15, 0.2) is 12.2 Å². The summed E-state index contributed by atoms with van der Waals surface area (Å²) in [5.74, 6) is -0.425. The van der Waals surface area contributed by atoms with Crippen LogP contribution in [-0.2, 0) is 52.2 Å². The van der Waals surface area contributed by atoms with Crippen molar-refractivity contribution in [3.63, 3.8) is 0 Å². The van der Waals surface area contributed by atoms with Crippen LogP contribution in [0.3, 0.4) is 0 Å². The van der Waals surface area contributed by atoms with E-state index in [-0.39, 0.29) is 0 Å². The van der Waals surface area contributed by atoms with Gasteiger partial charge < -0.3 is 129 Å². The summed E-state index contributed by atoms with van der Waals surface area (Å²) in [6.45, 7) is 2.63. The summed E-state index contributed by atoms with van der Waals surface area (Å²) < 4.78 is 57.6. The third-order valence-electron chi connectivity index (χ3n) is 13.0. The third-order valence-corrected chi connectivity index (χ3v) is 13.0. The Labute approximate surface area is 383 Å². The van der Waals surface area contributed by atoms with Crippen LogP contribution in [-0.4, -0.2) is 275 Å². The van der Waals surface area contributed by atoms with Crippen molar-refractivity contribution in [2.75, 3.05) is 33.0 Å². The fraction of sp³-hybridized carbons (Fsp3) is 0.925. The SMILES string of the molecule is C=C1CC(C)CCC1O[C@@H]1OC(CO)[C@@H](O[C@@H]2OC(CO)[C@H](O[C@H]3OC(CO)[C@H](O)C(O[C@@H]4OC(CO)[C@H](O)C(O[C@@H]5OC(CO)[C@H](O)C(O)C5O)C4NC(C)=O)C3O)C(O)C2O)C(O)C1O. The number of carbonyl (C=O) groups excluding carboxylic acids is 1. The van der Waals surface area contributed by atoms with Crippen molar-refractivity contribution in [2.24, 2.45) is 5.92 Å². The van der Waals surface area contributed by atoms with Gasteiger partial charge in [-0.3, -0.25) is 4.79 Å². The van der Waals surface area contributed by atoms with Crippen LogP contribution in [0, 0.1) is 5.92 Å². The van der Waals surface area contributed by atoms with Crippen LogP contribution in [0.4, 0.5) is 0 Å². The van der Waals surface area contributed by atoms with Crippen LogP contribution in [0.2, 0.25) is 0 Å². The molecular weight excluding hydrogens is 910 g/mol. The van der Waals surface area contributed by atoms with Gasteiger partial charge in [0.15, 0.2) is 31.5 Å². The van der Waals surface area contributed by atoms with E-state index in [2.05, 4.69) is 18.8 Å². The molecule has 0 spiro atoms. The first-order valence-electron chi connectivity index (χ1n) is 22.1. The highest BCUT2D eigenvalue weighted by Crippen LogP contribution is 2.37. The van der Waals surface area contributed by atoms with Crippen molar-refractivity contribution >= 4 is 5.91 Å². The largest absolute Gasteiger partial charge is 0.394 e. The Bertz CT molecular complexity index is 1580. The number of aliphatic hydroxyl groups excluding tert-OH is 15. The average molecular weight is 978 g/mol. The topological polar surface area (TPSA) is 425 Å². The highest BCUT2D eigenvalue weighted by atomic mass is 16.8. The molecule has 16 N–H and O–H groups in total. The summed E-state index contributed by atoms with van der Waals surface area (Å²) >= 11 is 0. The molecule has 27 atom stereocenters. The summed E-state index contributed by atoms with van der Waals surface area (Å²) in [6, 6.07) is -1.67. The predicted molar refractivity (Wildman–Crippen MR) is 213 cm³/mol. The van der Waals surface area contributed by atoms with E-state index >= 15 is 0 Å². The fourth-order valence-corrected chi connectivity index (χ4v) is 9.17. The van der Waals surface area contributed by atoms with Crippen molar-refractivity contribution in [3.8, 4) is 0 Å². The summed E-state index contributed by atoms with van der Waals surface area (Å²) in [7, 11) is 0. The second-order valence-electron chi connectivity index (χ2n) is 17.8. The molecule has 388 valence electrons. The second kappa shape index (κ2) is 23.6. The molecule has 17 unspecified atom stereocenters.